The van der Waals surface area contributed by atoms with E-state index >= 15 is 0 Å². The summed E-state index contributed by atoms with van der Waals surface area (Å²) < 4.78 is 90.7. The van der Waals surface area contributed by atoms with Gasteiger partial charge in [0.2, 0.25) is 5.91 Å². The van der Waals surface area contributed by atoms with E-state index in [0.717, 1.165) is 83.3 Å². The van der Waals surface area contributed by atoms with Crippen LogP contribution in [0.25, 0.3) is 0 Å². The molecule has 1 amide bonds. The fraction of sp³-hybridized carbons (Fsp3) is 0.727. The number of methoxy groups -OCH3 is 1. The van der Waals surface area contributed by atoms with Gasteiger partial charge in [-0.15, -0.1) is 0 Å². The van der Waals surface area contributed by atoms with Gasteiger partial charge in [-0.25, -0.2) is 4.79 Å². The average molecular weight is 1070 g/mol. The van der Waals surface area contributed by atoms with Crippen LogP contribution in [0.2, 0.25) is 0 Å². The molecule has 0 radical (unpaired) electrons. The van der Waals surface area contributed by atoms with Crippen molar-refractivity contribution in [2.24, 2.45) is 0 Å². The molecule has 16 atom stereocenters. The van der Waals surface area contributed by atoms with Crippen LogP contribution in [0.1, 0.15) is 82.6 Å². The standard InChI is InChI=1S/C44H61NO29/c1-17(46)45-32-28(63-21(5)50)13-44(43(58)59-12,73-36(32)33(65-23(7)52)29(64-22(6)51)14-60-18(2)47)74-38-35(66-24(8)53)31(16-62-20(4)49)71-42(40(38)69-27(11)56)72-34-30(15-61-19(3)48)70-41(57)39(68-26(10)55)37(34)67-25(9)54/h28-42,57H,13-16H2,1-12H3,(H,45,46)/t28-,29+,30+,31+,32+,33+,34+,35-,36+,37-,38-,39+,40+,41+,42-,44-/m0/s1. The van der Waals surface area contributed by atoms with Crippen LogP contribution in [-0.2, 0) is 133 Å². The van der Waals surface area contributed by atoms with Crippen LogP contribution < -0.4 is 5.32 Å². The van der Waals surface area contributed by atoms with Crippen molar-refractivity contribution >= 4 is 71.6 Å². The maximum atomic E-state index is 14.6. The summed E-state index contributed by atoms with van der Waals surface area (Å²) in [6.07, 6.45) is -29.0. The lowest BCUT2D eigenvalue weighted by molar-refractivity contribution is -0.385. The number of carbonyl (C=O) groups excluding carboxylic acids is 12. The molecule has 30 heteroatoms. The first-order chi connectivity index (χ1) is 34.5. The van der Waals surface area contributed by atoms with Gasteiger partial charge in [0.1, 0.15) is 56.4 Å². The van der Waals surface area contributed by atoms with Crippen LogP contribution in [0.15, 0.2) is 0 Å². The molecule has 3 fully saturated rings. The van der Waals surface area contributed by atoms with Crippen LogP contribution >= 0.6 is 0 Å². The summed E-state index contributed by atoms with van der Waals surface area (Å²) in [4.78, 5) is 154. The van der Waals surface area contributed by atoms with Crippen molar-refractivity contribution in [3.05, 3.63) is 0 Å². The van der Waals surface area contributed by atoms with Gasteiger partial charge in [-0.2, -0.15) is 0 Å². The Morgan fingerprint density at radius 3 is 1.51 bits per heavy atom. The highest BCUT2D eigenvalue weighted by Crippen LogP contribution is 2.42. The van der Waals surface area contributed by atoms with Gasteiger partial charge in [0, 0.05) is 76.2 Å². The van der Waals surface area contributed by atoms with Crippen molar-refractivity contribution < 1.29 is 138 Å². The molecule has 0 aromatic rings. The van der Waals surface area contributed by atoms with Gasteiger partial charge >= 0.3 is 65.7 Å². The Kier molecular flexibility index (Phi) is 23.0. The van der Waals surface area contributed by atoms with Gasteiger partial charge < -0.3 is 86.2 Å². The number of ether oxygens (including phenoxy) is 16. The predicted octanol–water partition coefficient (Wildman–Crippen LogP) is -2.43. The number of carbonyl (C=O) groups is 12. The van der Waals surface area contributed by atoms with E-state index in [1.165, 1.54) is 0 Å². The second-order valence-corrected chi connectivity index (χ2v) is 16.6. The summed E-state index contributed by atoms with van der Waals surface area (Å²) in [6.45, 7) is 7.77. The largest absolute Gasteiger partial charge is 0.465 e. The third-order valence-electron chi connectivity index (χ3n) is 10.4. The molecule has 416 valence electrons. The summed E-state index contributed by atoms with van der Waals surface area (Å²) in [7, 11) is 0.820. The van der Waals surface area contributed by atoms with Crippen LogP contribution in [0, 0.1) is 0 Å². The van der Waals surface area contributed by atoms with Gasteiger partial charge in [-0.05, 0) is 0 Å². The van der Waals surface area contributed by atoms with E-state index in [1.54, 1.807) is 0 Å². The normalized spacial score (nSPS) is 30.2. The molecule has 0 aliphatic carbocycles. The Morgan fingerprint density at radius 2 is 1.04 bits per heavy atom. The molecular formula is C44H61NO29. The van der Waals surface area contributed by atoms with Crippen LogP contribution in [0.5, 0.6) is 0 Å². The maximum Gasteiger partial charge on any atom is 0.366 e. The molecule has 0 unspecified atom stereocenters. The molecule has 74 heavy (non-hydrogen) atoms. The Balaban J connectivity index is 2.51. The maximum absolute atomic E-state index is 14.6. The zero-order valence-electron chi connectivity index (χ0n) is 42.4. The molecule has 0 aromatic carbocycles. The second-order valence-electron chi connectivity index (χ2n) is 16.6. The van der Waals surface area contributed by atoms with Gasteiger partial charge in [-0.1, -0.05) is 0 Å². The summed E-state index contributed by atoms with van der Waals surface area (Å²) in [5, 5.41) is 13.5. The molecule has 0 saturated carbocycles. The monoisotopic (exact) mass is 1070 g/mol. The van der Waals surface area contributed by atoms with E-state index in [1.807, 2.05) is 0 Å². The van der Waals surface area contributed by atoms with Gasteiger partial charge in [0.15, 0.2) is 49.2 Å². The van der Waals surface area contributed by atoms with E-state index in [2.05, 4.69) is 5.32 Å². The Morgan fingerprint density at radius 1 is 0.554 bits per heavy atom. The smallest absolute Gasteiger partial charge is 0.366 e. The summed E-state index contributed by atoms with van der Waals surface area (Å²) in [6, 6.07) is -1.72. The van der Waals surface area contributed by atoms with Gasteiger partial charge in [0.25, 0.3) is 5.79 Å². The van der Waals surface area contributed by atoms with E-state index < -0.39 is 195 Å². The Hall–Kier alpha value is -6.60. The molecule has 0 spiro atoms. The van der Waals surface area contributed by atoms with Crippen LogP contribution in [-0.4, -0.2) is 201 Å². The Labute approximate surface area is 422 Å². The molecule has 3 saturated heterocycles. The minimum Gasteiger partial charge on any atom is -0.465 e. The number of amides is 1. The molecule has 30 nitrogen and oxygen atoms in total. The highest BCUT2D eigenvalue weighted by molar-refractivity contribution is 5.79. The van der Waals surface area contributed by atoms with E-state index in [9.17, 15) is 62.6 Å². The fourth-order valence-corrected chi connectivity index (χ4v) is 8.04. The zero-order valence-corrected chi connectivity index (χ0v) is 42.4. The lowest BCUT2D eigenvalue weighted by Gasteiger charge is -2.52. The SMILES string of the molecule is COC(=O)[C@@]1(O[C@H]2[C@@H](OC(C)=O)[C@@H](COC(C)=O)O[C@@H](O[C@H]3[C@H](OC(C)=O)[C@@H](OC(C)=O)[C@H](O)O[C@@H]3COC(C)=O)[C@@H]2OC(C)=O)C[C@H](OC(C)=O)[C@@H](NC(C)=O)[C@H]([C@H](OC(C)=O)[C@@H](COC(C)=O)OC(C)=O)O1. The summed E-state index contributed by atoms with van der Waals surface area (Å²) in [5.74, 6) is -16.0. The lowest BCUT2D eigenvalue weighted by Crippen LogP contribution is -2.72. The average Bonchev–Trinajstić information content (AvgIpc) is 3.26. The van der Waals surface area contributed by atoms with Crippen molar-refractivity contribution in [2.45, 2.75) is 180 Å². The van der Waals surface area contributed by atoms with Crippen molar-refractivity contribution in [3.8, 4) is 0 Å². The molecule has 0 aromatic heterocycles. The van der Waals surface area contributed by atoms with Crippen molar-refractivity contribution in [2.75, 3.05) is 26.9 Å². The summed E-state index contributed by atoms with van der Waals surface area (Å²) in [5.41, 5.74) is 0. The minimum atomic E-state index is -3.15. The van der Waals surface area contributed by atoms with E-state index in [4.69, 9.17) is 75.8 Å². The van der Waals surface area contributed by atoms with Gasteiger partial charge in [0.05, 0.1) is 19.6 Å². The molecule has 3 rings (SSSR count). The van der Waals surface area contributed by atoms with Crippen LogP contribution in [0.4, 0.5) is 0 Å². The quantitative estimate of drug-likeness (QED) is 0.0891. The number of rotatable bonds is 21. The van der Waals surface area contributed by atoms with Crippen molar-refractivity contribution in [1.29, 1.82) is 0 Å². The predicted molar refractivity (Wildman–Crippen MR) is 230 cm³/mol. The highest BCUT2D eigenvalue weighted by atomic mass is 16.8. The third kappa shape index (κ3) is 17.8. The molecule has 2 N–H and O–H groups in total. The number of hydrogen-bond acceptors (Lipinski definition) is 29. The number of nitrogens with one attached hydrogen (secondary N) is 1. The zero-order chi connectivity index (χ0) is 55.9. The number of aliphatic hydroxyl groups excluding tert-OH is 1. The molecule has 0 bridgehead atoms. The lowest BCUT2D eigenvalue weighted by atomic mass is 9.87. The molecule has 3 aliphatic rings. The number of esters is 11. The van der Waals surface area contributed by atoms with Crippen molar-refractivity contribution in [1.82, 2.24) is 5.32 Å². The first kappa shape index (κ1) is 61.7. The van der Waals surface area contributed by atoms with Crippen molar-refractivity contribution in [3.63, 3.8) is 0 Å². The number of hydrogen-bond donors (Lipinski definition) is 2. The highest BCUT2D eigenvalue weighted by Gasteiger charge is 2.64. The second kappa shape index (κ2) is 27.6. The topological polar surface area (TPSA) is 385 Å². The fourth-order valence-electron chi connectivity index (χ4n) is 8.04. The van der Waals surface area contributed by atoms with Gasteiger partial charge in [-0.3, -0.25) is 52.7 Å². The molecule has 3 heterocycles. The first-order valence-electron chi connectivity index (χ1n) is 22.4. The van der Waals surface area contributed by atoms with E-state index in [0.29, 0.717) is 0 Å². The molecular weight excluding hydrogens is 1010 g/mol. The number of aliphatic hydroxyl groups is 1. The molecule has 3 aliphatic heterocycles. The summed E-state index contributed by atoms with van der Waals surface area (Å²) >= 11 is 0. The third-order valence-corrected chi connectivity index (χ3v) is 10.4. The minimum absolute atomic E-state index is 0.789. The first-order valence-corrected chi connectivity index (χ1v) is 22.4. The van der Waals surface area contributed by atoms with E-state index in [-0.39, 0.29) is 0 Å². The van der Waals surface area contributed by atoms with Crippen LogP contribution in [0.3, 0.4) is 0 Å². The Bertz CT molecular complexity index is 2100.